The van der Waals surface area contributed by atoms with Crippen molar-refractivity contribution in [1.29, 1.82) is 0 Å². The number of aliphatic hydroxyl groups excluding tert-OH is 1. The van der Waals surface area contributed by atoms with Crippen LogP contribution in [0.4, 0.5) is 0 Å². The van der Waals surface area contributed by atoms with Gasteiger partial charge in [-0.1, -0.05) is 32.9 Å². The van der Waals surface area contributed by atoms with E-state index in [1.807, 2.05) is 20.0 Å². The van der Waals surface area contributed by atoms with Crippen LogP contribution in [0, 0.1) is 5.92 Å². The Bertz CT molecular complexity index is 665. The summed E-state index contributed by atoms with van der Waals surface area (Å²) in [7, 11) is 0. The molecule has 0 radical (unpaired) electrons. The van der Waals surface area contributed by atoms with Gasteiger partial charge in [-0.2, -0.15) is 0 Å². The first kappa shape index (κ1) is 18.0. The molecule has 0 bridgehead atoms. The molecule has 3 rings (SSSR count). The first-order valence-electron chi connectivity index (χ1n) is 9.20. The molecule has 2 heterocycles. The van der Waals surface area contributed by atoms with E-state index in [0.717, 1.165) is 18.5 Å². The molecule has 138 valence electrons. The van der Waals surface area contributed by atoms with Crippen molar-refractivity contribution in [3.63, 3.8) is 0 Å². The van der Waals surface area contributed by atoms with Gasteiger partial charge in [0, 0.05) is 31.0 Å². The maximum Gasteiger partial charge on any atom is 0.248 e. The van der Waals surface area contributed by atoms with E-state index in [2.05, 4.69) is 17.2 Å². The molecule has 7 heteroatoms. The van der Waals surface area contributed by atoms with E-state index < -0.39 is 18.2 Å². The predicted octanol–water partition coefficient (Wildman–Crippen LogP) is 1.47. The van der Waals surface area contributed by atoms with Crippen LogP contribution in [0.5, 0.6) is 0 Å². The molecule has 0 spiro atoms. The summed E-state index contributed by atoms with van der Waals surface area (Å²) in [6.07, 6.45) is 4.10. The van der Waals surface area contributed by atoms with E-state index in [4.69, 9.17) is 0 Å². The van der Waals surface area contributed by atoms with Crippen molar-refractivity contribution in [2.45, 2.75) is 77.0 Å². The van der Waals surface area contributed by atoms with E-state index in [9.17, 15) is 14.7 Å². The first-order valence-corrected chi connectivity index (χ1v) is 9.20. The van der Waals surface area contributed by atoms with Gasteiger partial charge in [-0.25, -0.2) is 4.68 Å². The summed E-state index contributed by atoms with van der Waals surface area (Å²) in [5.41, 5.74) is 1.02. The number of carbonyl (C=O) groups excluding carboxylic acids is 2. The van der Waals surface area contributed by atoms with Crippen LogP contribution in [0.2, 0.25) is 0 Å². The number of rotatable bonds is 6. The van der Waals surface area contributed by atoms with E-state index in [1.165, 1.54) is 0 Å². The van der Waals surface area contributed by atoms with E-state index >= 15 is 0 Å². The number of ketones is 1. The fourth-order valence-electron chi connectivity index (χ4n) is 3.60. The maximum atomic E-state index is 13.2. The fraction of sp³-hybridized carbons (Fsp3) is 0.778. The minimum absolute atomic E-state index is 0.00261. The molecule has 0 aromatic carbocycles. The Morgan fingerprint density at radius 1 is 1.40 bits per heavy atom. The third kappa shape index (κ3) is 3.34. The molecule has 3 unspecified atom stereocenters. The van der Waals surface area contributed by atoms with Gasteiger partial charge in [0.1, 0.15) is 6.04 Å². The van der Waals surface area contributed by atoms with E-state index in [1.54, 1.807) is 16.5 Å². The van der Waals surface area contributed by atoms with Gasteiger partial charge >= 0.3 is 0 Å². The van der Waals surface area contributed by atoms with Gasteiger partial charge in [-0.3, -0.25) is 9.59 Å². The van der Waals surface area contributed by atoms with Crippen LogP contribution in [0.1, 0.15) is 65.1 Å². The van der Waals surface area contributed by atoms with E-state index in [-0.39, 0.29) is 29.6 Å². The molecule has 1 N–H and O–H groups in total. The number of nitrogens with zero attached hydrogens (tertiary/aromatic N) is 4. The summed E-state index contributed by atoms with van der Waals surface area (Å²) in [6, 6.07) is -1.04. The second-order valence-corrected chi connectivity index (χ2v) is 8.05. The quantitative estimate of drug-likeness (QED) is 0.841. The predicted molar refractivity (Wildman–Crippen MR) is 91.9 cm³/mol. The Morgan fingerprint density at radius 3 is 2.64 bits per heavy atom. The third-order valence-corrected chi connectivity index (χ3v) is 5.58. The van der Waals surface area contributed by atoms with Crippen LogP contribution in [0.15, 0.2) is 6.20 Å². The van der Waals surface area contributed by atoms with Gasteiger partial charge in [-0.05, 0) is 18.8 Å². The molecule has 2 aliphatic rings. The molecule has 2 fully saturated rings. The molecule has 1 aromatic heterocycles. The van der Waals surface area contributed by atoms with Crippen molar-refractivity contribution < 1.29 is 14.7 Å². The van der Waals surface area contributed by atoms with Gasteiger partial charge in [0.25, 0.3) is 0 Å². The summed E-state index contributed by atoms with van der Waals surface area (Å²) in [5.74, 6) is -0.155. The lowest BCUT2D eigenvalue weighted by atomic mass is 10.0. The highest BCUT2D eigenvalue weighted by Gasteiger charge is 2.44. The zero-order valence-corrected chi connectivity index (χ0v) is 15.5. The van der Waals surface area contributed by atoms with Gasteiger partial charge in [-0.15, -0.1) is 5.10 Å². The molecule has 7 nitrogen and oxygen atoms in total. The molecule has 1 saturated carbocycles. The molecule has 1 amide bonds. The Kier molecular flexibility index (Phi) is 4.70. The number of carbonyl (C=O) groups is 2. The second kappa shape index (κ2) is 6.52. The third-order valence-electron chi connectivity index (χ3n) is 5.58. The Hall–Kier alpha value is -1.76. The van der Waals surface area contributed by atoms with Gasteiger partial charge in [0.15, 0.2) is 5.78 Å². The number of hydrogen-bond donors (Lipinski definition) is 1. The minimum Gasteiger partial charge on any atom is -0.391 e. The minimum atomic E-state index is -0.644. The van der Waals surface area contributed by atoms with Crippen LogP contribution < -0.4 is 0 Å². The summed E-state index contributed by atoms with van der Waals surface area (Å²) in [6.45, 7) is 8.07. The van der Waals surface area contributed by atoms with E-state index in [0.29, 0.717) is 12.8 Å². The zero-order chi connectivity index (χ0) is 18.4. The fourth-order valence-corrected chi connectivity index (χ4v) is 3.60. The highest BCUT2D eigenvalue weighted by molar-refractivity contribution is 5.91. The molecule has 1 aromatic rings. The lowest BCUT2D eigenvalue weighted by Gasteiger charge is -2.29. The molecular formula is C18H28N4O3. The van der Waals surface area contributed by atoms with Crippen molar-refractivity contribution in [3.8, 4) is 0 Å². The molecule has 1 aliphatic heterocycles. The van der Waals surface area contributed by atoms with Crippen molar-refractivity contribution in [1.82, 2.24) is 19.9 Å². The van der Waals surface area contributed by atoms with Crippen molar-refractivity contribution >= 4 is 11.7 Å². The summed E-state index contributed by atoms with van der Waals surface area (Å²) in [4.78, 5) is 27.0. The topological polar surface area (TPSA) is 88.3 Å². The van der Waals surface area contributed by atoms with Crippen LogP contribution in [-0.4, -0.2) is 55.4 Å². The Morgan fingerprint density at radius 2 is 2.08 bits per heavy atom. The van der Waals surface area contributed by atoms with Gasteiger partial charge in [0.2, 0.25) is 5.91 Å². The number of aromatic nitrogens is 3. The standard InChI is InChI=1S/C18H28N4O3/c1-5-14(24)13-8-12(23)9-21(13)17(25)16(11(2)3)22-10-15(19-20-22)18(4)6-7-18/h10-13,16,23H,5-9H2,1-4H3. The second-order valence-electron chi connectivity index (χ2n) is 8.05. The zero-order valence-electron chi connectivity index (χ0n) is 15.5. The SMILES string of the molecule is CCC(=O)C1CC(O)CN1C(=O)C(C(C)C)n1cc(C2(C)CC2)nn1. The van der Waals surface area contributed by atoms with Crippen LogP contribution in [-0.2, 0) is 15.0 Å². The summed E-state index contributed by atoms with van der Waals surface area (Å²) in [5, 5.41) is 18.5. The normalized spacial score (nSPS) is 26.1. The lowest BCUT2D eigenvalue weighted by molar-refractivity contribution is -0.141. The Balaban J connectivity index is 1.86. The van der Waals surface area contributed by atoms with Crippen LogP contribution >= 0.6 is 0 Å². The summed E-state index contributed by atoms with van der Waals surface area (Å²) >= 11 is 0. The van der Waals surface area contributed by atoms with Crippen molar-refractivity contribution in [3.05, 3.63) is 11.9 Å². The largest absolute Gasteiger partial charge is 0.391 e. The number of Topliss-reactive ketones (excluding diaryl/α,β-unsaturated/α-hetero) is 1. The first-order chi connectivity index (χ1) is 11.8. The van der Waals surface area contributed by atoms with Crippen LogP contribution in [0.25, 0.3) is 0 Å². The van der Waals surface area contributed by atoms with Gasteiger partial charge < -0.3 is 10.0 Å². The van der Waals surface area contributed by atoms with Crippen LogP contribution in [0.3, 0.4) is 0 Å². The highest BCUT2D eigenvalue weighted by Crippen LogP contribution is 2.46. The van der Waals surface area contributed by atoms with Gasteiger partial charge in [0.05, 0.1) is 17.8 Å². The number of amides is 1. The average molecular weight is 348 g/mol. The monoisotopic (exact) mass is 348 g/mol. The molecule has 3 atom stereocenters. The average Bonchev–Trinajstić information content (AvgIpc) is 2.99. The number of aliphatic hydroxyl groups is 1. The lowest BCUT2D eigenvalue weighted by Crippen LogP contribution is -2.45. The Labute approximate surface area is 148 Å². The molecule has 1 aliphatic carbocycles. The number of hydrogen-bond acceptors (Lipinski definition) is 5. The molecule has 1 saturated heterocycles. The number of β-amino-alcohol motifs (C(OH)–C–C–N with tert-alkyl or cyclic N) is 1. The van der Waals surface area contributed by atoms with Crippen molar-refractivity contribution in [2.24, 2.45) is 5.92 Å². The molecule has 25 heavy (non-hydrogen) atoms. The molecular weight excluding hydrogens is 320 g/mol. The van der Waals surface area contributed by atoms with Crippen molar-refractivity contribution in [2.75, 3.05) is 6.54 Å². The number of likely N-dealkylation sites (tertiary alicyclic amines) is 1. The highest BCUT2D eigenvalue weighted by atomic mass is 16.3. The maximum absolute atomic E-state index is 13.2. The smallest absolute Gasteiger partial charge is 0.248 e. The summed E-state index contributed by atoms with van der Waals surface area (Å²) < 4.78 is 1.64.